The maximum absolute atomic E-state index is 12.4. The first-order chi connectivity index (χ1) is 12.9. The fraction of sp³-hybridized carbons (Fsp3) is 0.650. The lowest BCUT2D eigenvalue weighted by Crippen LogP contribution is -2.37. The molecule has 0 heterocycles. The molecule has 8 heteroatoms. The van der Waals surface area contributed by atoms with E-state index in [2.05, 4.69) is 16.6 Å². The van der Waals surface area contributed by atoms with Crippen LogP contribution < -0.4 is 0 Å². The van der Waals surface area contributed by atoms with Gasteiger partial charge < -0.3 is 18.9 Å². The fourth-order valence-corrected chi connectivity index (χ4v) is 1.85. The number of terminal acetylenes is 2. The number of halogens is 1. The molecule has 0 aromatic rings. The van der Waals surface area contributed by atoms with Crippen molar-refractivity contribution in [2.24, 2.45) is 10.8 Å². The highest BCUT2D eigenvalue weighted by atomic mass is 35.5. The third kappa shape index (κ3) is 9.53. The first-order valence-corrected chi connectivity index (χ1v) is 9.02. The molecule has 0 spiro atoms. The molecule has 0 aliphatic carbocycles. The molecule has 2 unspecified atom stereocenters. The quantitative estimate of drug-likeness (QED) is 0.234. The zero-order valence-electron chi connectivity index (χ0n) is 16.9. The van der Waals surface area contributed by atoms with Crippen LogP contribution in [0.2, 0.25) is 0 Å². The van der Waals surface area contributed by atoms with Gasteiger partial charge in [0, 0.05) is 12.8 Å². The predicted molar refractivity (Wildman–Crippen MR) is 103 cm³/mol. The van der Waals surface area contributed by atoms with E-state index < -0.39 is 47.2 Å². The Kier molecular flexibility index (Phi) is 10.5. The van der Waals surface area contributed by atoms with E-state index in [4.69, 9.17) is 38.7 Å². The zero-order chi connectivity index (χ0) is 22.0. The van der Waals surface area contributed by atoms with Gasteiger partial charge in [-0.1, -0.05) is 11.6 Å². The van der Waals surface area contributed by atoms with E-state index in [0.29, 0.717) is 0 Å². The summed E-state index contributed by atoms with van der Waals surface area (Å²) >= 11 is 5.54. The van der Waals surface area contributed by atoms with Crippen LogP contribution in [0, 0.1) is 35.5 Å². The van der Waals surface area contributed by atoms with Crippen molar-refractivity contribution in [3.8, 4) is 24.7 Å². The summed E-state index contributed by atoms with van der Waals surface area (Å²) < 4.78 is 20.0. The third-order valence-electron chi connectivity index (χ3n) is 3.51. The highest BCUT2D eigenvalue weighted by Gasteiger charge is 2.33. The Bertz CT molecular complexity index is 638. The van der Waals surface area contributed by atoms with Gasteiger partial charge in [-0.15, -0.1) is 24.7 Å². The maximum Gasteiger partial charge on any atom is 0.509 e. The summed E-state index contributed by atoms with van der Waals surface area (Å²) in [6, 6.07) is 0. The number of ether oxygens (including phenoxy) is 4. The zero-order valence-corrected chi connectivity index (χ0v) is 17.6. The number of carbonyl (C=O) groups excluding carboxylic acids is 3. The van der Waals surface area contributed by atoms with Crippen molar-refractivity contribution in [1.82, 2.24) is 0 Å². The van der Waals surface area contributed by atoms with Crippen LogP contribution in [0.25, 0.3) is 0 Å². The standard InChI is InChI=1S/C20H27ClO7/c1-8-10-19(4,5)16(22)25-12-15(13-26-18(24)27-14(3)21)28-17(23)20(6,7)11-9-2/h1-2,14-15H,10-13H2,3-7H3. The molecule has 0 amide bonds. The van der Waals surface area contributed by atoms with E-state index in [1.807, 2.05) is 0 Å². The molecule has 0 aromatic carbocycles. The van der Waals surface area contributed by atoms with E-state index in [1.54, 1.807) is 27.7 Å². The largest absolute Gasteiger partial charge is 0.509 e. The summed E-state index contributed by atoms with van der Waals surface area (Å²) in [6.07, 6.45) is 8.70. The van der Waals surface area contributed by atoms with Gasteiger partial charge in [0.1, 0.15) is 13.2 Å². The van der Waals surface area contributed by atoms with E-state index in [1.165, 1.54) is 6.92 Å². The van der Waals surface area contributed by atoms with Gasteiger partial charge in [-0.25, -0.2) is 4.79 Å². The number of hydrogen-bond acceptors (Lipinski definition) is 7. The second-order valence-electron chi connectivity index (χ2n) is 7.38. The number of carbonyl (C=O) groups is 3. The highest BCUT2D eigenvalue weighted by molar-refractivity contribution is 6.19. The van der Waals surface area contributed by atoms with Crippen LogP contribution in [0.5, 0.6) is 0 Å². The van der Waals surface area contributed by atoms with Gasteiger partial charge in [0.05, 0.1) is 10.8 Å². The molecular weight excluding hydrogens is 388 g/mol. The van der Waals surface area contributed by atoms with E-state index in [9.17, 15) is 14.4 Å². The van der Waals surface area contributed by atoms with Crippen LogP contribution in [0.15, 0.2) is 0 Å². The summed E-state index contributed by atoms with van der Waals surface area (Å²) in [6.45, 7) is 7.16. The van der Waals surface area contributed by atoms with Crippen LogP contribution in [0.1, 0.15) is 47.5 Å². The Morgan fingerprint density at radius 3 is 1.82 bits per heavy atom. The monoisotopic (exact) mass is 414 g/mol. The first kappa shape index (κ1) is 25.6. The Labute approximate surface area is 171 Å². The van der Waals surface area contributed by atoms with Crippen molar-refractivity contribution < 1.29 is 33.3 Å². The van der Waals surface area contributed by atoms with Crippen LogP contribution in [-0.4, -0.2) is 43.0 Å². The Morgan fingerprint density at radius 1 is 0.893 bits per heavy atom. The van der Waals surface area contributed by atoms with Gasteiger partial charge in [0.15, 0.2) is 11.7 Å². The normalized spacial score (nSPS) is 13.3. The topological polar surface area (TPSA) is 88.1 Å². The summed E-state index contributed by atoms with van der Waals surface area (Å²) in [5, 5.41) is 0. The summed E-state index contributed by atoms with van der Waals surface area (Å²) in [4.78, 5) is 36.0. The summed E-state index contributed by atoms with van der Waals surface area (Å²) in [5.41, 5.74) is -2.78. The Hall–Kier alpha value is -2.38. The van der Waals surface area contributed by atoms with Gasteiger partial charge in [0.2, 0.25) is 0 Å². The molecule has 28 heavy (non-hydrogen) atoms. The molecule has 0 radical (unpaired) electrons. The fourth-order valence-electron chi connectivity index (χ4n) is 1.77. The molecule has 0 bridgehead atoms. The van der Waals surface area contributed by atoms with Crippen molar-refractivity contribution in [2.45, 2.75) is 59.1 Å². The lowest BCUT2D eigenvalue weighted by atomic mass is 9.90. The molecule has 2 atom stereocenters. The summed E-state index contributed by atoms with van der Waals surface area (Å²) in [5.74, 6) is 3.59. The molecule has 0 aliphatic rings. The summed E-state index contributed by atoms with van der Waals surface area (Å²) in [7, 11) is 0. The average Bonchev–Trinajstić information content (AvgIpc) is 2.55. The minimum Gasteiger partial charge on any atom is -0.461 e. The van der Waals surface area contributed by atoms with Gasteiger partial charge in [-0.05, 0) is 34.6 Å². The number of esters is 2. The number of alkyl halides is 1. The Balaban J connectivity index is 5.06. The van der Waals surface area contributed by atoms with Crippen molar-refractivity contribution in [3.05, 3.63) is 0 Å². The van der Waals surface area contributed by atoms with E-state index >= 15 is 0 Å². The highest BCUT2D eigenvalue weighted by Crippen LogP contribution is 2.24. The van der Waals surface area contributed by atoms with E-state index in [0.717, 1.165) is 0 Å². The molecule has 0 saturated heterocycles. The SMILES string of the molecule is C#CCC(C)(C)C(=O)OCC(COC(=O)OC(C)Cl)OC(=O)C(C)(C)CC#C. The van der Waals surface area contributed by atoms with Gasteiger partial charge in [-0.3, -0.25) is 9.59 Å². The molecule has 0 N–H and O–H groups in total. The van der Waals surface area contributed by atoms with Crippen molar-refractivity contribution >= 4 is 29.7 Å². The van der Waals surface area contributed by atoms with Crippen LogP contribution in [-0.2, 0) is 28.5 Å². The second-order valence-corrected chi connectivity index (χ2v) is 7.99. The van der Waals surface area contributed by atoms with Gasteiger partial charge in [0.25, 0.3) is 0 Å². The lowest BCUT2D eigenvalue weighted by molar-refractivity contribution is -0.172. The molecule has 0 fully saturated rings. The van der Waals surface area contributed by atoms with Crippen molar-refractivity contribution in [2.75, 3.05) is 13.2 Å². The first-order valence-electron chi connectivity index (χ1n) is 8.58. The minimum absolute atomic E-state index is 0.139. The lowest BCUT2D eigenvalue weighted by Gasteiger charge is -2.26. The molecule has 0 aromatic heterocycles. The van der Waals surface area contributed by atoms with Crippen LogP contribution >= 0.6 is 11.6 Å². The van der Waals surface area contributed by atoms with Gasteiger partial charge >= 0.3 is 18.1 Å². The predicted octanol–water partition coefficient (Wildman–Crippen LogP) is 3.28. The second kappa shape index (κ2) is 11.5. The maximum atomic E-state index is 12.4. The minimum atomic E-state index is -1.06. The molecule has 0 saturated carbocycles. The molecule has 7 nitrogen and oxygen atoms in total. The third-order valence-corrected chi connectivity index (χ3v) is 3.60. The van der Waals surface area contributed by atoms with Crippen molar-refractivity contribution in [3.63, 3.8) is 0 Å². The molecular formula is C20H27ClO7. The van der Waals surface area contributed by atoms with Crippen LogP contribution in [0.3, 0.4) is 0 Å². The molecule has 156 valence electrons. The van der Waals surface area contributed by atoms with Crippen LogP contribution in [0.4, 0.5) is 4.79 Å². The number of rotatable bonds is 10. The number of hydrogen-bond donors (Lipinski definition) is 0. The van der Waals surface area contributed by atoms with E-state index in [-0.39, 0.29) is 19.4 Å². The van der Waals surface area contributed by atoms with Gasteiger partial charge in [-0.2, -0.15) is 0 Å². The van der Waals surface area contributed by atoms with Crippen molar-refractivity contribution in [1.29, 1.82) is 0 Å². The molecule has 0 rings (SSSR count). The smallest absolute Gasteiger partial charge is 0.461 e. The average molecular weight is 415 g/mol. The Morgan fingerprint density at radius 2 is 1.36 bits per heavy atom. The molecule has 0 aliphatic heterocycles.